The van der Waals surface area contributed by atoms with E-state index in [9.17, 15) is 22.4 Å². The molecule has 0 aliphatic carbocycles. The highest BCUT2D eigenvalue weighted by atomic mass is 35.5. The molecule has 7 nitrogen and oxygen atoms in total. The highest BCUT2D eigenvalue weighted by molar-refractivity contribution is 6.31. The molecule has 0 radical (unpaired) electrons. The Labute approximate surface area is 214 Å². The van der Waals surface area contributed by atoms with Gasteiger partial charge in [-0.1, -0.05) is 11.6 Å². The molecule has 0 spiro atoms. The number of methoxy groups -OCH3 is 2. The fourth-order valence-corrected chi connectivity index (χ4v) is 3.62. The summed E-state index contributed by atoms with van der Waals surface area (Å²) < 4.78 is 71.4. The smallest absolute Gasteiger partial charge is 0.398 e. The number of aliphatic hydroxyl groups excluding tert-OH is 1. The molecule has 1 heterocycles. The number of alkyl halides is 3. The summed E-state index contributed by atoms with van der Waals surface area (Å²) in [5.74, 6) is -3.04. The van der Waals surface area contributed by atoms with Crippen molar-refractivity contribution in [3.63, 3.8) is 0 Å². The van der Waals surface area contributed by atoms with E-state index in [4.69, 9.17) is 30.9 Å². The van der Waals surface area contributed by atoms with Gasteiger partial charge in [0.2, 0.25) is 0 Å². The van der Waals surface area contributed by atoms with Crippen LogP contribution in [0, 0.1) is 5.82 Å². The summed E-state index contributed by atoms with van der Waals surface area (Å²) in [5.41, 5.74) is -0.0517. The SMILES string of the molecule is COc1cc(C(=O)NCC(c2ccc(OC)c(-c3ccc(F)c(Cl)c3)n2)C(F)(F)F)ccc1OCCO. The highest BCUT2D eigenvalue weighted by Crippen LogP contribution is 2.37. The number of pyridine rings is 1. The van der Waals surface area contributed by atoms with E-state index >= 15 is 0 Å². The minimum atomic E-state index is -4.76. The maximum atomic E-state index is 14.0. The Morgan fingerprint density at radius 1 is 1.05 bits per heavy atom. The van der Waals surface area contributed by atoms with Crippen molar-refractivity contribution in [3.8, 4) is 28.5 Å². The molecule has 1 unspecified atom stereocenters. The maximum Gasteiger partial charge on any atom is 0.398 e. The molecule has 198 valence electrons. The molecule has 3 aromatic rings. The summed E-state index contributed by atoms with van der Waals surface area (Å²) in [6, 6.07) is 10.2. The average molecular weight is 543 g/mol. The third kappa shape index (κ3) is 6.80. The maximum absolute atomic E-state index is 14.0. The molecule has 2 aromatic carbocycles. The predicted molar refractivity (Wildman–Crippen MR) is 128 cm³/mol. The molecule has 0 saturated carbocycles. The lowest BCUT2D eigenvalue weighted by Crippen LogP contribution is -2.35. The number of carbonyl (C=O) groups is 1. The Kier molecular flexibility index (Phi) is 9.17. The van der Waals surface area contributed by atoms with E-state index < -0.39 is 30.4 Å². The van der Waals surface area contributed by atoms with Gasteiger partial charge in [-0.05, 0) is 48.5 Å². The van der Waals surface area contributed by atoms with Crippen LogP contribution < -0.4 is 19.5 Å². The van der Waals surface area contributed by atoms with Gasteiger partial charge in [0.25, 0.3) is 5.91 Å². The molecule has 0 aliphatic heterocycles. The van der Waals surface area contributed by atoms with Crippen molar-refractivity contribution < 1.29 is 41.7 Å². The molecular formula is C25H23ClF4N2O5. The number of rotatable bonds is 10. The minimum absolute atomic E-state index is 0.00383. The average Bonchev–Trinajstić information content (AvgIpc) is 2.88. The zero-order chi connectivity index (χ0) is 27.2. The van der Waals surface area contributed by atoms with E-state index in [0.717, 1.165) is 12.1 Å². The minimum Gasteiger partial charge on any atom is -0.494 e. The second-order valence-corrected chi connectivity index (χ2v) is 8.07. The first-order chi connectivity index (χ1) is 17.6. The second kappa shape index (κ2) is 12.1. The summed E-state index contributed by atoms with van der Waals surface area (Å²) >= 11 is 5.83. The van der Waals surface area contributed by atoms with E-state index in [1.807, 2.05) is 0 Å². The highest BCUT2D eigenvalue weighted by Gasteiger charge is 2.42. The first kappa shape index (κ1) is 28.0. The van der Waals surface area contributed by atoms with Crippen molar-refractivity contribution in [1.29, 1.82) is 0 Å². The van der Waals surface area contributed by atoms with Crippen LogP contribution in [0.25, 0.3) is 11.3 Å². The number of nitrogens with one attached hydrogen (secondary N) is 1. The zero-order valence-corrected chi connectivity index (χ0v) is 20.5. The number of aliphatic hydroxyl groups is 1. The standard InChI is InChI=1S/C25H23ClF4N2O5/c1-35-21-8-6-19(32-23(21)14-3-5-18(27)17(26)11-14)16(25(28,29)30)13-31-24(34)15-4-7-20(37-10-9-33)22(12-15)36-2/h3-8,11-12,16,33H,9-10,13H2,1-2H3,(H,31,34). The number of hydrogen-bond acceptors (Lipinski definition) is 6. The first-order valence-corrected chi connectivity index (χ1v) is 11.2. The normalized spacial score (nSPS) is 12.1. The Bertz CT molecular complexity index is 1260. The molecule has 1 atom stereocenters. The molecule has 12 heteroatoms. The number of hydrogen-bond donors (Lipinski definition) is 2. The van der Waals surface area contributed by atoms with Gasteiger partial charge in [0.05, 0.1) is 31.5 Å². The third-order valence-corrected chi connectivity index (χ3v) is 5.58. The van der Waals surface area contributed by atoms with Crippen LogP contribution in [0.4, 0.5) is 17.6 Å². The predicted octanol–water partition coefficient (Wildman–Crippen LogP) is 5.01. The molecule has 0 aliphatic rings. The van der Waals surface area contributed by atoms with E-state index in [1.165, 1.54) is 50.6 Å². The van der Waals surface area contributed by atoms with E-state index in [2.05, 4.69) is 10.3 Å². The molecule has 0 bridgehead atoms. The number of carbonyl (C=O) groups excluding carboxylic acids is 1. The Morgan fingerprint density at radius 2 is 1.76 bits per heavy atom. The van der Waals surface area contributed by atoms with Gasteiger partial charge in [-0.2, -0.15) is 13.2 Å². The Hall–Kier alpha value is -3.57. The second-order valence-electron chi connectivity index (χ2n) is 7.66. The Morgan fingerprint density at radius 3 is 2.38 bits per heavy atom. The Balaban J connectivity index is 1.87. The number of benzene rings is 2. The van der Waals surface area contributed by atoms with E-state index in [1.54, 1.807) is 0 Å². The molecule has 1 amide bonds. The summed E-state index contributed by atoms with van der Waals surface area (Å²) in [6.45, 7) is -1.05. The van der Waals surface area contributed by atoms with Crippen LogP contribution in [0.2, 0.25) is 5.02 Å². The quantitative estimate of drug-likeness (QED) is 0.350. The van der Waals surface area contributed by atoms with E-state index in [0.29, 0.717) is 0 Å². The zero-order valence-electron chi connectivity index (χ0n) is 19.7. The third-order valence-electron chi connectivity index (χ3n) is 5.29. The van der Waals surface area contributed by atoms with Gasteiger partial charge in [-0.15, -0.1) is 0 Å². The van der Waals surface area contributed by atoms with Gasteiger partial charge in [0.15, 0.2) is 11.5 Å². The molecule has 37 heavy (non-hydrogen) atoms. The molecule has 0 saturated heterocycles. The lowest BCUT2D eigenvalue weighted by atomic mass is 10.0. The number of ether oxygens (including phenoxy) is 3. The van der Waals surface area contributed by atoms with Crippen LogP contribution in [0.1, 0.15) is 22.0 Å². The molecule has 1 aromatic heterocycles. The summed E-state index contributed by atoms with van der Waals surface area (Å²) in [6.07, 6.45) is -4.76. The van der Waals surface area contributed by atoms with Crippen LogP contribution in [0.3, 0.4) is 0 Å². The number of aromatic nitrogens is 1. The van der Waals surface area contributed by atoms with Gasteiger partial charge < -0.3 is 24.6 Å². The van der Waals surface area contributed by atoms with Gasteiger partial charge in [-0.3, -0.25) is 4.79 Å². The van der Waals surface area contributed by atoms with Gasteiger partial charge in [0.1, 0.15) is 29.8 Å². The lowest BCUT2D eigenvalue weighted by molar-refractivity contribution is -0.149. The molecule has 3 rings (SSSR count). The number of amides is 1. The summed E-state index contributed by atoms with van der Waals surface area (Å²) in [4.78, 5) is 16.8. The van der Waals surface area contributed by atoms with Crippen molar-refractivity contribution >= 4 is 17.5 Å². The first-order valence-electron chi connectivity index (χ1n) is 10.9. The van der Waals surface area contributed by atoms with Gasteiger partial charge in [0, 0.05) is 17.7 Å². The van der Waals surface area contributed by atoms with Crippen LogP contribution in [0.5, 0.6) is 17.2 Å². The molecule has 0 fully saturated rings. The van der Waals surface area contributed by atoms with Crippen molar-refractivity contribution in [1.82, 2.24) is 10.3 Å². The van der Waals surface area contributed by atoms with Crippen LogP contribution >= 0.6 is 11.6 Å². The number of nitrogens with zero attached hydrogens (tertiary/aromatic N) is 1. The number of halogens is 5. The van der Waals surface area contributed by atoms with Gasteiger partial charge in [-0.25, -0.2) is 9.37 Å². The van der Waals surface area contributed by atoms with E-state index in [-0.39, 0.29) is 58.0 Å². The summed E-state index contributed by atoms with van der Waals surface area (Å²) in [5, 5.41) is 11.0. The molecule has 2 N–H and O–H groups in total. The topological polar surface area (TPSA) is 89.9 Å². The fraction of sp³-hybridized carbons (Fsp3) is 0.280. The fourth-order valence-electron chi connectivity index (χ4n) is 3.44. The van der Waals surface area contributed by atoms with Crippen molar-refractivity contribution in [2.45, 2.75) is 12.1 Å². The van der Waals surface area contributed by atoms with Crippen LogP contribution in [0.15, 0.2) is 48.5 Å². The lowest BCUT2D eigenvalue weighted by Gasteiger charge is -2.22. The largest absolute Gasteiger partial charge is 0.494 e. The van der Waals surface area contributed by atoms with Crippen LogP contribution in [-0.4, -0.2) is 56.2 Å². The van der Waals surface area contributed by atoms with Crippen molar-refractivity contribution in [2.24, 2.45) is 0 Å². The van der Waals surface area contributed by atoms with Crippen LogP contribution in [-0.2, 0) is 0 Å². The van der Waals surface area contributed by atoms with Crippen molar-refractivity contribution in [3.05, 3.63) is 70.6 Å². The monoisotopic (exact) mass is 542 g/mol. The summed E-state index contributed by atoms with van der Waals surface area (Å²) in [7, 11) is 2.66. The van der Waals surface area contributed by atoms with Crippen molar-refractivity contribution in [2.75, 3.05) is 34.0 Å². The van der Waals surface area contributed by atoms with Gasteiger partial charge >= 0.3 is 6.18 Å². The molecular weight excluding hydrogens is 520 g/mol.